The number of rotatable bonds is 1. The lowest BCUT2D eigenvalue weighted by atomic mass is 10.1. The monoisotopic (exact) mass is 221 g/mol. The van der Waals surface area contributed by atoms with Crippen molar-refractivity contribution in [1.29, 1.82) is 0 Å². The van der Waals surface area contributed by atoms with Crippen molar-refractivity contribution in [2.75, 3.05) is 24.6 Å². The van der Waals surface area contributed by atoms with E-state index in [9.17, 15) is 4.79 Å². The van der Waals surface area contributed by atoms with Crippen LogP contribution >= 0.6 is 11.8 Å². The van der Waals surface area contributed by atoms with Gasteiger partial charge < -0.3 is 4.90 Å². The second-order valence-corrected chi connectivity index (χ2v) is 5.00. The molecule has 1 aliphatic heterocycles. The molecule has 80 valence electrons. The zero-order chi connectivity index (χ0) is 10.7. The molecular weight excluding hydrogens is 206 g/mol. The summed E-state index contributed by atoms with van der Waals surface area (Å²) in [6.45, 7) is 3.79. The molecule has 0 atom stereocenters. The van der Waals surface area contributed by atoms with Crippen molar-refractivity contribution in [3.05, 3.63) is 35.4 Å². The van der Waals surface area contributed by atoms with Crippen LogP contribution in [0.15, 0.2) is 24.3 Å². The van der Waals surface area contributed by atoms with Crippen molar-refractivity contribution in [2.24, 2.45) is 0 Å². The first-order valence-corrected chi connectivity index (χ1v) is 6.36. The molecule has 0 N–H and O–H groups in total. The maximum Gasteiger partial charge on any atom is 0.253 e. The van der Waals surface area contributed by atoms with Crippen LogP contribution in [0.5, 0.6) is 0 Å². The lowest BCUT2D eigenvalue weighted by Crippen LogP contribution is -2.37. The minimum Gasteiger partial charge on any atom is -0.337 e. The van der Waals surface area contributed by atoms with Crippen LogP contribution in [0.3, 0.4) is 0 Å². The highest BCUT2D eigenvalue weighted by atomic mass is 32.2. The van der Waals surface area contributed by atoms with Gasteiger partial charge in [0.05, 0.1) is 0 Å². The number of hydrogen-bond donors (Lipinski definition) is 0. The zero-order valence-corrected chi connectivity index (χ0v) is 9.72. The summed E-state index contributed by atoms with van der Waals surface area (Å²) in [5.41, 5.74) is 1.97. The second kappa shape index (κ2) is 4.71. The number of carbonyl (C=O) groups is 1. The fraction of sp³-hybridized carbons (Fsp3) is 0.417. The molecule has 0 saturated carbocycles. The summed E-state index contributed by atoms with van der Waals surface area (Å²) in [6.07, 6.45) is 0. The van der Waals surface area contributed by atoms with Gasteiger partial charge in [0.2, 0.25) is 0 Å². The maximum absolute atomic E-state index is 12.1. The minimum absolute atomic E-state index is 0.180. The van der Waals surface area contributed by atoms with Gasteiger partial charge in [-0.15, -0.1) is 0 Å². The first-order chi connectivity index (χ1) is 7.27. The fourth-order valence-corrected chi connectivity index (χ4v) is 2.63. The number of carbonyl (C=O) groups excluding carboxylic acids is 1. The van der Waals surface area contributed by atoms with Gasteiger partial charge in [0.25, 0.3) is 5.91 Å². The van der Waals surface area contributed by atoms with E-state index in [-0.39, 0.29) is 5.91 Å². The molecular formula is C12H15NOS. The van der Waals surface area contributed by atoms with Crippen molar-refractivity contribution in [3.63, 3.8) is 0 Å². The Kier molecular flexibility index (Phi) is 3.31. The lowest BCUT2D eigenvalue weighted by Gasteiger charge is -2.26. The van der Waals surface area contributed by atoms with E-state index in [1.807, 2.05) is 47.9 Å². The van der Waals surface area contributed by atoms with E-state index in [4.69, 9.17) is 0 Å². The van der Waals surface area contributed by atoms with Gasteiger partial charge in [-0.3, -0.25) is 4.79 Å². The largest absolute Gasteiger partial charge is 0.337 e. The van der Waals surface area contributed by atoms with Crippen LogP contribution in [-0.2, 0) is 0 Å². The van der Waals surface area contributed by atoms with E-state index in [2.05, 4.69) is 0 Å². The standard InChI is InChI=1S/C12H15NOS/c1-10-3-2-4-11(9-10)12(14)13-5-7-15-8-6-13/h2-4,9H,5-8H2,1H3. The molecule has 0 unspecified atom stereocenters. The first kappa shape index (κ1) is 10.6. The van der Waals surface area contributed by atoms with E-state index in [0.717, 1.165) is 35.7 Å². The van der Waals surface area contributed by atoms with Gasteiger partial charge in [0, 0.05) is 30.2 Å². The molecule has 1 aliphatic rings. The molecule has 1 saturated heterocycles. The third-order valence-electron chi connectivity index (χ3n) is 2.56. The fourth-order valence-electron chi connectivity index (χ4n) is 1.73. The molecule has 1 amide bonds. The summed E-state index contributed by atoms with van der Waals surface area (Å²) < 4.78 is 0. The Morgan fingerprint density at radius 1 is 1.33 bits per heavy atom. The zero-order valence-electron chi connectivity index (χ0n) is 8.90. The molecule has 2 nitrogen and oxygen atoms in total. The Balaban J connectivity index is 2.12. The van der Waals surface area contributed by atoms with Crippen molar-refractivity contribution in [2.45, 2.75) is 6.92 Å². The van der Waals surface area contributed by atoms with Gasteiger partial charge in [-0.1, -0.05) is 17.7 Å². The Morgan fingerprint density at radius 3 is 2.73 bits per heavy atom. The number of hydrogen-bond acceptors (Lipinski definition) is 2. The SMILES string of the molecule is Cc1cccc(C(=O)N2CCSCC2)c1. The van der Waals surface area contributed by atoms with Crippen LogP contribution in [0.4, 0.5) is 0 Å². The molecule has 0 aromatic heterocycles. The van der Waals surface area contributed by atoms with Gasteiger partial charge >= 0.3 is 0 Å². The van der Waals surface area contributed by atoms with Crippen LogP contribution < -0.4 is 0 Å². The van der Waals surface area contributed by atoms with Crippen LogP contribution in [0.2, 0.25) is 0 Å². The first-order valence-electron chi connectivity index (χ1n) is 5.21. The molecule has 0 radical (unpaired) electrons. The smallest absolute Gasteiger partial charge is 0.253 e. The molecule has 15 heavy (non-hydrogen) atoms. The van der Waals surface area contributed by atoms with Crippen LogP contribution in [0.1, 0.15) is 15.9 Å². The summed E-state index contributed by atoms with van der Waals surface area (Å²) in [4.78, 5) is 14.0. The summed E-state index contributed by atoms with van der Waals surface area (Å²) >= 11 is 1.92. The topological polar surface area (TPSA) is 20.3 Å². The molecule has 0 bridgehead atoms. The Hall–Kier alpha value is -0.960. The number of nitrogens with zero attached hydrogens (tertiary/aromatic N) is 1. The highest BCUT2D eigenvalue weighted by Gasteiger charge is 2.17. The summed E-state index contributed by atoms with van der Waals surface area (Å²) in [6, 6.07) is 7.82. The normalized spacial score (nSPS) is 16.5. The summed E-state index contributed by atoms with van der Waals surface area (Å²) in [7, 11) is 0. The van der Waals surface area contributed by atoms with Gasteiger partial charge in [-0.25, -0.2) is 0 Å². The average Bonchev–Trinajstić information content (AvgIpc) is 2.29. The molecule has 3 heteroatoms. The van der Waals surface area contributed by atoms with Crippen molar-refractivity contribution < 1.29 is 4.79 Å². The Labute approximate surface area is 94.7 Å². The van der Waals surface area contributed by atoms with E-state index in [0.29, 0.717) is 0 Å². The second-order valence-electron chi connectivity index (χ2n) is 3.77. The van der Waals surface area contributed by atoms with Crippen LogP contribution in [-0.4, -0.2) is 35.4 Å². The van der Waals surface area contributed by atoms with Crippen molar-refractivity contribution in [3.8, 4) is 0 Å². The molecule has 1 heterocycles. The molecule has 1 aromatic rings. The summed E-state index contributed by atoms with van der Waals surface area (Å²) in [5, 5.41) is 0. The van der Waals surface area contributed by atoms with Crippen LogP contribution in [0, 0.1) is 6.92 Å². The number of aryl methyl sites for hydroxylation is 1. The highest BCUT2D eigenvalue weighted by Crippen LogP contribution is 2.13. The Bertz CT molecular complexity index is 358. The van der Waals surface area contributed by atoms with Crippen LogP contribution in [0.25, 0.3) is 0 Å². The van der Waals surface area contributed by atoms with E-state index in [1.165, 1.54) is 0 Å². The maximum atomic E-state index is 12.1. The molecule has 0 spiro atoms. The van der Waals surface area contributed by atoms with Gasteiger partial charge in [-0.05, 0) is 19.1 Å². The third-order valence-corrected chi connectivity index (χ3v) is 3.51. The summed E-state index contributed by atoms with van der Waals surface area (Å²) in [5.74, 6) is 2.31. The average molecular weight is 221 g/mol. The molecule has 0 aliphatic carbocycles. The lowest BCUT2D eigenvalue weighted by molar-refractivity contribution is 0.0772. The predicted molar refractivity (Wildman–Crippen MR) is 64.4 cm³/mol. The van der Waals surface area contributed by atoms with E-state index < -0.39 is 0 Å². The predicted octanol–water partition coefficient (Wildman–Crippen LogP) is 2.18. The molecule has 1 aromatic carbocycles. The minimum atomic E-state index is 0.180. The number of thioether (sulfide) groups is 1. The number of benzene rings is 1. The quantitative estimate of drug-likeness (QED) is 0.724. The van der Waals surface area contributed by atoms with Crippen molar-refractivity contribution >= 4 is 17.7 Å². The van der Waals surface area contributed by atoms with Gasteiger partial charge in [0.1, 0.15) is 0 Å². The van der Waals surface area contributed by atoms with Gasteiger partial charge in [0.15, 0.2) is 0 Å². The van der Waals surface area contributed by atoms with Crippen molar-refractivity contribution in [1.82, 2.24) is 4.90 Å². The van der Waals surface area contributed by atoms with Gasteiger partial charge in [-0.2, -0.15) is 11.8 Å². The highest BCUT2D eigenvalue weighted by molar-refractivity contribution is 7.99. The molecule has 1 fully saturated rings. The molecule has 2 rings (SSSR count). The van der Waals surface area contributed by atoms with E-state index in [1.54, 1.807) is 0 Å². The number of amides is 1. The third kappa shape index (κ3) is 2.53. The Morgan fingerprint density at radius 2 is 2.07 bits per heavy atom. The van der Waals surface area contributed by atoms with E-state index >= 15 is 0 Å².